The summed E-state index contributed by atoms with van der Waals surface area (Å²) >= 11 is 12.8. The van der Waals surface area contributed by atoms with Crippen LogP contribution in [0.15, 0.2) is 133 Å². The lowest BCUT2D eigenvalue weighted by atomic mass is 9.95. The van der Waals surface area contributed by atoms with Crippen LogP contribution < -0.4 is 9.47 Å². The maximum Gasteiger partial charge on any atom is 0.573 e. The van der Waals surface area contributed by atoms with Crippen LogP contribution in [-0.2, 0) is 35.2 Å². The van der Waals surface area contributed by atoms with Crippen LogP contribution in [0.3, 0.4) is 0 Å². The van der Waals surface area contributed by atoms with Crippen LogP contribution >= 0.6 is 23.2 Å². The second kappa shape index (κ2) is 20.2. The lowest BCUT2D eigenvalue weighted by Gasteiger charge is -2.16. The van der Waals surface area contributed by atoms with E-state index in [1.54, 1.807) is 48.5 Å². The average molecular weight is 970 g/mol. The van der Waals surface area contributed by atoms with Crippen molar-refractivity contribution in [2.45, 2.75) is 52.3 Å². The summed E-state index contributed by atoms with van der Waals surface area (Å²) in [6.45, 7) is 3.98. The quantitative estimate of drug-likeness (QED) is 0.0793. The summed E-state index contributed by atoms with van der Waals surface area (Å²) in [6.07, 6.45) is -8.63. The fraction of sp³-hybridized carbons (Fsp3) is 0.189. The van der Waals surface area contributed by atoms with Crippen molar-refractivity contribution in [2.24, 2.45) is 0 Å². The molecule has 0 spiro atoms. The van der Waals surface area contributed by atoms with E-state index in [1.807, 2.05) is 74.5 Å². The second-order valence-electron chi connectivity index (χ2n) is 16.0. The Morgan fingerprint density at radius 3 is 1.18 bits per heavy atom. The van der Waals surface area contributed by atoms with Crippen LogP contribution in [0.4, 0.5) is 31.1 Å². The number of halogens is 8. The fourth-order valence-electron chi connectivity index (χ4n) is 8.17. The molecule has 0 bridgehead atoms. The number of carbonyl (C=O) groups excluding carboxylic acids is 1. The van der Waals surface area contributed by atoms with Crippen LogP contribution in [0, 0.1) is 13.8 Å². The summed E-state index contributed by atoms with van der Waals surface area (Å²) in [5, 5.41) is 2.75. The molecule has 8 aromatic rings. The van der Waals surface area contributed by atoms with Crippen molar-refractivity contribution in [3.8, 4) is 34.0 Å². The SMILES string of the molecule is Cc1c(-c2ccc(Cc3ccc(OC(F)(F)F)cc3)cc2)nc2cc(Cl)ccc2c1CCOC(=O)OCCc1c(C)c(-c2ccc(Cc3ccc(OC(F)(F)F)cc3)cc2)nc2cc(Cl)ccc12. The van der Waals surface area contributed by atoms with Crippen molar-refractivity contribution in [2.75, 3.05) is 13.2 Å². The van der Waals surface area contributed by atoms with Crippen LogP contribution in [-0.4, -0.2) is 42.1 Å². The number of ether oxygens (including phenoxy) is 4. The molecule has 0 saturated carbocycles. The highest BCUT2D eigenvalue weighted by atomic mass is 35.5. The van der Waals surface area contributed by atoms with E-state index in [9.17, 15) is 31.1 Å². The molecule has 15 heteroatoms. The normalized spacial score (nSPS) is 11.8. The number of nitrogens with zero attached hydrogens (tertiary/aromatic N) is 2. The molecule has 348 valence electrons. The monoisotopic (exact) mass is 968 g/mol. The Morgan fingerprint density at radius 1 is 0.500 bits per heavy atom. The minimum absolute atomic E-state index is 0.0280. The maximum atomic E-state index is 13.0. The van der Waals surface area contributed by atoms with Gasteiger partial charge in [-0.05, 0) is 120 Å². The zero-order valence-corrected chi connectivity index (χ0v) is 37.9. The van der Waals surface area contributed by atoms with E-state index < -0.39 is 18.9 Å². The number of rotatable bonds is 14. The van der Waals surface area contributed by atoms with Gasteiger partial charge in [0.15, 0.2) is 0 Å². The van der Waals surface area contributed by atoms with Crippen LogP contribution in [0.5, 0.6) is 11.5 Å². The van der Waals surface area contributed by atoms with Crippen LogP contribution in [0.1, 0.15) is 44.5 Å². The van der Waals surface area contributed by atoms with Crippen LogP contribution in [0.2, 0.25) is 10.0 Å². The first-order valence-corrected chi connectivity index (χ1v) is 22.1. The standard InChI is InChI=1S/C53H40Cl2F6N2O5/c1-31-43(45-21-15-39(54)29-47(45)62-49(31)37-11-3-33(4-12-37)27-35-7-17-41(18-8-35)67-52(56,57)58)23-25-65-51(64)66-26-24-44-32(2)50(63-48-30-40(55)16-22-46(44)48)38-13-5-34(6-14-38)28-36-9-19-42(20-10-36)68-53(59,60)61/h3-22,29-30H,23-28H2,1-2H3. The number of carbonyl (C=O) groups is 1. The van der Waals surface area contributed by atoms with Gasteiger partial charge in [-0.1, -0.05) is 108 Å². The predicted molar refractivity (Wildman–Crippen MR) is 250 cm³/mol. The molecule has 0 unspecified atom stereocenters. The lowest BCUT2D eigenvalue weighted by Crippen LogP contribution is -2.17. The summed E-state index contributed by atoms with van der Waals surface area (Å²) < 4.78 is 94.8. The number of aromatic nitrogens is 2. The Bertz CT molecular complexity index is 2880. The molecule has 0 aliphatic carbocycles. The zero-order chi connectivity index (χ0) is 48.2. The van der Waals surface area contributed by atoms with E-state index in [0.29, 0.717) is 46.8 Å². The van der Waals surface area contributed by atoms with E-state index in [1.165, 1.54) is 24.3 Å². The minimum atomic E-state index is -4.76. The third-order valence-electron chi connectivity index (χ3n) is 11.4. The van der Waals surface area contributed by atoms with Crippen LogP contribution in [0.25, 0.3) is 44.3 Å². The first-order chi connectivity index (χ1) is 32.4. The summed E-state index contributed by atoms with van der Waals surface area (Å²) in [5.74, 6) is -0.562. The van der Waals surface area contributed by atoms with Gasteiger partial charge in [-0.25, -0.2) is 14.8 Å². The van der Waals surface area contributed by atoms with Crippen molar-refractivity contribution in [1.29, 1.82) is 0 Å². The molecule has 0 saturated heterocycles. The van der Waals surface area contributed by atoms with Crippen molar-refractivity contribution in [1.82, 2.24) is 9.97 Å². The molecule has 2 heterocycles. The predicted octanol–water partition coefficient (Wildman–Crippen LogP) is 15.0. The lowest BCUT2D eigenvalue weighted by molar-refractivity contribution is -0.275. The van der Waals surface area contributed by atoms with Gasteiger partial charge in [0.2, 0.25) is 0 Å². The molecule has 0 atom stereocenters. The van der Waals surface area contributed by atoms with Gasteiger partial charge in [-0.2, -0.15) is 0 Å². The zero-order valence-electron chi connectivity index (χ0n) is 36.4. The van der Waals surface area contributed by atoms with E-state index in [-0.39, 0.29) is 24.7 Å². The highest BCUT2D eigenvalue weighted by Gasteiger charge is 2.32. The Kier molecular flexibility index (Phi) is 14.1. The van der Waals surface area contributed by atoms with Crippen molar-refractivity contribution < 1.29 is 50.1 Å². The number of hydrogen-bond acceptors (Lipinski definition) is 7. The van der Waals surface area contributed by atoms with E-state index in [4.69, 9.17) is 42.6 Å². The van der Waals surface area contributed by atoms with Gasteiger partial charge in [-0.3, -0.25) is 0 Å². The van der Waals surface area contributed by atoms with Gasteiger partial charge in [0.05, 0.1) is 35.6 Å². The first kappa shape index (κ1) is 47.7. The molecule has 2 aromatic heterocycles. The van der Waals surface area contributed by atoms with E-state index >= 15 is 0 Å². The summed E-state index contributed by atoms with van der Waals surface area (Å²) in [6, 6.07) is 38.0. The van der Waals surface area contributed by atoms with Crippen molar-refractivity contribution in [3.05, 3.63) is 188 Å². The average Bonchev–Trinajstić information content (AvgIpc) is 3.28. The molecule has 8 rings (SSSR count). The summed E-state index contributed by atoms with van der Waals surface area (Å²) in [4.78, 5) is 23.0. The largest absolute Gasteiger partial charge is 0.573 e. The highest BCUT2D eigenvalue weighted by Crippen LogP contribution is 2.34. The first-order valence-electron chi connectivity index (χ1n) is 21.3. The number of hydrogen-bond donors (Lipinski definition) is 0. The van der Waals surface area contributed by atoms with Crippen molar-refractivity contribution >= 4 is 51.2 Å². The van der Waals surface area contributed by atoms with Crippen molar-refractivity contribution in [3.63, 3.8) is 0 Å². The number of fused-ring (bicyclic) bond motifs is 2. The molecular weight excluding hydrogens is 929 g/mol. The Morgan fingerprint density at radius 2 is 0.838 bits per heavy atom. The minimum Gasteiger partial charge on any atom is -0.434 e. The van der Waals surface area contributed by atoms with Gasteiger partial charge in [0.25, 0.3) is 0 Å². The Hall–Kier alpha value is -6.83. The molecule has 7 nitrogen and oxygen atoms in total. The van der Waals surface area contributed by atoms with Gasteiger partial charge in [0.1, 0.15) is 11.5 Å². The van der Waals surface area contributed by atoms with Gasteiger partial charge < -0.3 is 18.9 Å². The van der Waals surface area contributed by atoms with E-state index in [2.05, 4.69) is 9.47 Å². The third-order valence-corrected chi connectivity index (χ3v) is 11.8. The molecule has 0 amide bonds. The topological polar surface area (TPSA) is 79.8 Å². The second-order valence-corrected chi connectivity index (χ2v) is 16.9. The maximum absolute atomic E-state index is 13.0. The fourth-order valence-corrected chi connectivity index (χ4v) is 8.51. The molecule has 0 radical (unpaired) electrons. The smallest absolute Gasteiger partial charge is 0.434 e. The summed E-state index contributed by atoms with van der Waals surface area (Å²) in [5.41, 5.74) is 11.6. The third kappa shape index (κ3) is 12.0. The molecule has 0 fully saturated rings. The molecule has 6 aromatic carbocycles. The number of pyridine rings is 2. The van der Waals surface area contributed by atoms with Gasteiger partial charge in [0, 0.05) is 44.8 Å². The van der Waals surface area contributed by atoms with E-state index in [0.717, 1.165) is 77.8 Å². The highest BCUT2D eigenvalue weighted by molar-refractivity contribution is 6.31. The molecule has 0 aliphatic rings. The number of benzene rings is 6. The summed E-state index contributed by atoms with van der Waals surface area (Å²) in [7, 11) is 0. The molecule has 68 heavy (non-hydrogen) atoms. The molecule has 0 aliphatic heterocycles. The van der Waals surface area contributed by atoms with Gasteiger partial charge in [-0.15, -0.1) is 26.3 Å². The Balaban J connectivity index is 0.916. The Labute approximate surface area is 397 Å². The number of alkyl halides is 6. The molecular formula is C53H40Cl2F6N2O5. The van der Waals surface area contributed by atoms with Gasteiger partial charge >= 0.3 is 18.9 Å². The molecule has 0 N–H and O–H groups in total.